The minimum absolute atomic E-state index is 0.595. The van der Waals surface area contributed by atoms with E-state index in [1.165, 1.54) is 44.9 Å². The lowest BCUT2D eigenvalue weighted by Crippen LogP contribution is -2.33. The Bertz CT molecular complexity index is 169. The second-order valence-electron chi connectivity index (χ2n) is 6.12. The third-order valence-corrected chi connectivity index (χ3v) is 4.35. The van der Waals surface area contributed by atoms with Gasteiger partial charge in [-0.05, 0) is 42.9 Å². The van der Waals surface area contributed by atoms with Crippen molar-refractivity contribution in [3.05, 3.63) is 6.42 Å². The molecule has 1 radical (unpaired) electrons. The maximum atomic E-state index is 2.50. The van der Waals surface area contributed by atoms with Crippen molar-refractivity contribution in [3.8, 4) is 0 Å². The summed E-state index contributed by atoms with van der Waals surface area (Å²) in [5.74, 6) is 1.91. The van der Waals surface area contributed by atoms with Gasteiger partial charge in [-0.2, -0.15) is 0 Å². The van der Waals surface area contributed by atoms with Gasteiger partial charge in [-0.1, -0.05) is 53.4 Å². The molecular formula is C15H29. The Labute approximate surface area is 96.8 Å². The summed E-state index contributed by atoms with van der Waals surface area (Å²) in [6.07, 6.45) is 12.2. The average molecular weight is 209 g/mol. The summed E-state index contributed by atoms with van der Waals surface area (Å²) in [6, 6.07) is 0. The number of unbranched alkanes of at least 4 members (excludes halogenated alkanes) is 3. The highest BCUT2D eigenvalue weighted by molar-refractivity contribution is 4.87. The molecule has 1 aliphatic carbocycles. The Balaban J connectivity index is 2.35. The Kier molecular flexibility index (Phi) is 5.15. The van der Waals surface area contributed by atoms with Crippen LogP contribution < -0.4 is 0 Å². The van der Waals surface area contributed by atoms with Crippen LogP contribution >= 0.6 is 0 Å². The molecule has 0 bridgehead atoms. The monoisotopic (exact) mass is 209 g/mol. The van der Waals surface area contributed by atoms with Crippen LogP contribution in [0, 0.1) is 23.7 Å². The van der Waals surface area contributed by atoms with Gasteiger partial charge in [-0.3, -0.25) is 0 Å². The van der Waals surface area contributed by atoms with Crippen LogP contribution in [0.5, 0.6) is 0 Å². The minimum Gasteiger partial charge on any atom is -0.0654 e. The summed E-state index contributed by atoms with van der Waals surface area (Å²) < 4.78 is 0. The standard InChI is InChI=1S/C15H29/c1-5-6-7-8-11-14-13(2)10-9-12-15(14,3)4/h7,13-14H,5-6,8-12H2,1-4H3/t13-,14+/m0/s1. The van der Waals surface area contributed by atoms with Gasteiger partial charge in [0.2, 0.25) is 0 Å². The summed E-state index contributed by atoms with van der Waals surface area (Å²) in [6.45, 7) is 9.69. The van der Waals surface area contributed by atoms with E-state index in [0.29, 0.717) is 5.41 Å². The van der Waals surface area contributed by atoms with Crippen molar-refractivity contribution >= 4 is 0 Å². The van der Waals surface area contributed by atoms with Crippen molar-refractivity contribution in [2.75, 3.05) is 0 Å². The molecule has 15 heavy (non-hydrogen) atoms. The highest BCUT2D eigenvalue weighted by Gasteiger charge is 2.35. The van der Waals surface area contributed by atoms with Gasteiger partial charge >= 0.3 is 0 Å². The molecule has 0 amide bonds. The lowest BCUT2D eigenvalue weighted by Gasteiger charge is -2.43. The Hall–Kier alpha value is 0. The van der Waals surface area contributed by atoms with Crippen LogP contribution in [-0.2, 0) is 0 Å². The third kappa shape index (κ3) is 3.81. The largest absolute Gasteiger partial charge is 0.0654 e. The van der Waals surface area contributed by atoms with Gasteiger partial charge in [0.05, 0.1) is 0 Å². The lowest BCUT2D eigenvalue weighted by molar-refractivity contribution is 0.0763. The van der Waals surface area contributed by atoms with E-state index in [0.717, 1.165) is 11.8 Å². The molecule has 0 aromatic rings. The average Bonchev–Trinajstić information content (AvgIpc) is 2.15. The van der Waals surface area contributed by atoms with Crippen molar-refractivity contribution in [2.45, 2.75) is 72.6 Å². The van der Waals surface area contributed by atoms with E-state index in [2.05, 4.69) is 34.1 Å². The first-order valence-corrected chi connectivity index (χ1v) is 6.89. The van der Waals surface area contributed by atoms with Crippen molar-refractivity contribution in [1.29, 1.82) is 0 Å². The highest BCUT2D eigenvalue weighted by atomic mass is 14.4. The van der Waals surface area contributed by atoms with E-state index in [-0.39, 0.29) is 0 Å². The summed E-state index contributed by atoms with van der Waals surface area (Å²) in [4.78, 5) is 0. The zero-order valence-corrected chi connectivity index (χ0v) is 11.2. The molecule has 2 atom stereocenters. The first kappa shape index (κ1) is 13.1. The van der Waals surface area contributed by atoms with Crippen LogP contribution in [0.15, 0.2) is 0 Å². The zero-order chi connectivity index (χ0) is 11.3. The van der Waals surface area contributed by atoms with E-state index < -0.39 is 0 Å². The van der Waals surface area contributed by atoms with Gasteiger partial charge < -0.3 is 0 Å². The van der Waals surface area contributed by atoms with Crippen molar-refractivity contribution in [1.82, 2.24) is 0 Å². The van der Waals surface area contributed by atoms with Gasteiger partial charge in [-0.15, -0.1) is 0 Å². The zero-order valence-electron chi connectivity index (χ0n) is 11.2. The van der Waals surface area contributed by atoms with Gasteiger partial charge in [0, 0.05) is 0 Å². The van der Waals surface area contributed by atoms with Crippen LogP contribution in [0.1, 0.15) is 72.6 Å². The molecule has 1 aliphatic rings. The predicted molar refractivity (Wildman–Crippen MR) is 68.7 cm³/mol. The SMILES string of the molecule is CCC[CH]CC[C@@H]1[C@@H](C)CCCC1(C)C. The maximum absolute atomic E-state index is 2.50. The number of rotatable bonds is 5. The van der Waals surface area contributed by atoms with Gasteiger partial charge in [0.1, 0.15) is 0 Å². The molecule has 0 heteroatoms. The van der Waals surface area contributed by atoms with Crippen LogP contribution in [0.4, 0.5) is 0 Å². The first-order valence-electron chi connectivity index (χ1n) is 6.89. The molecule has 0 spiro atoms. The summed E-state index contributed by atoms with van der Waals surface area (Å²) in [5, 5.41) is 0. The quantitative estimate of drug-likeness (QED) is 0.544. The Morgan fingerprint density at radius 2 is 2.00 bits per heavy atom. The summed E-state index contributed by atoms with van der Waals surface area (Å²) in [5.41, 5.74) is 0.595. The molecule has 89 valence electrons. The number of hydrogen-bond acceptors (Lipinski definition) is 0. The van der Waals surface area contributed by atoms with Crippen molar-refractivity contribution in [2.24, 2.45) is 17.3 Å². The second-order valence-corrected chi connectivity index (χ2v) is 6.12. The molecule has 0 nitrogen and oxygen atoms in total. The smallest absolute Gasteiger partial charge is 0.0323 e. The van der Waals surface area contributed by atoms with Gasteiger partial charge in [0.15, 0.2) is 0 Å². The maximum Gasteiger partial charge on any atom is -0.0323 e. The van der Waals surface area contributed by atoms with Crippen LogP contribution in [0.3, 0.4) is 0 Å². The fraction of sp³-hybridized carbons (Fsp3) is 0.933. The fourth-order valence-electron chi connectivity index (χ4n) is 3.36. The topological polar surface area (TPSA) is 0 Å². The lowest BCUT2D eigenvalue weighted by atomic mass is 9.62. The van der Waals surface area contributed by atoms with Crippen molar-refractivity contribution in [3.63, 3.8) is 0 Å². The van der Waals surface area contributed by atoms with Gasteiger partial charge in [-0.25, -0.2) is 0 Å². The Morgan fingerprint density at radius 3 is 2.60 bits per heavy atom. The molecule has 0 saturated heterocycles. The summed E-state index contributed by atoms with van der Waals surface area (Å²) in [7, 11) is 0. The molecule has 0 aliphatic heterocycles. The molecular weight excluding hydrogens is 180 g/mol. The van der Waals surface area contributed by atoms with E-state index >= 15 is 0 Å². The van der Waals surface area contributed by atoms with Crippen molar-refractivity contribution < 1.29 is 0 Å². The van der Waals surface area contributed by atoms with E-state index in [9.17, 15) is 0 Å². The molecule has 1 rings (SSSR count). The third-order valence-electron chi connectivity index (χ3n) is 4.35. The van der Waals surface area contributed by atoms with Crippen LogP contribution in [0.25, 0.3) is 0 Å². The van der Waals surface area contributed by atoms with E-state index in [1.807, 2.05) is 0 Å². The molecule has 0 unspecified atom stereocenters. The molecule has 0 heterocycles. The molecule has 0 aromatic heterocycles. The second kappa shape index (κ2) is 5.92. The Morgan fingerprint density at radius 1 is 1.27 bits per heavy atom. The van der Waals surface area contributed by atoms with E-state index in [1.54, 1.807) is 0 Å². The van der Waals surface area contributed by atoms with Crippen LogP contribution in [-0.4, -0.2) is 0 Å². The predicted octanol–water partition coefficient (Wildman–Crippen LogP) is 5.23. The first-order chi connectivity index (χ1) is 7.08. The van der Waals surface area contributed by atoms with Crippen LogP contribution in [0.2, 0.25) is 0 Å². The molecule has 1 saturated carbocycles. The molecule has 0 N–H and O–H groups in total. The van der Waals surface area contributed by atoms with Gasteiger partial charge in [0.25, 0.3) is 0 Å². The minimum atomic E-state index is 0.595. The number of hydrogen-bond donors (Lipinski definition) is 0. The fourth-order valence-corrected chi connectivity index (χ4v) is 3.36. The molecule has 0 aromatic carbocycles. The highest BCUT2D eigenvalue weighted by Crippen LogP contribution is 2.46. The normalized spacial score (nSPS) is 30.4. The molecule has 1 fully saturated rings. The van der Waals surface area contributed by atoms with E-state index in [4.69, 9.17) is 0 Å². The summed E-state index contributed by atoms with van der Waals surface area (Å²) >= 11 is 0.